The van der Waals surface area contributed by atoms with Crippen molar-refractivity contribution in [2.24, 2.45) is 11.7 Å². The van der Waals surface area contributed by atoms with Gasteiger partial charge >= 0.3 is 0 Å². The first kappa shape index (κ1) is 13.8. The summed E-state index contributed by atoms with van der Waals surface area (Å²) in [6, 6.07) is 10.7. The fraction of sp³-hybridized carbons (Fsp3) is 0.438. The van der Waals surface area contributed by atoms with E-state index in [1.54, 1.807) is 0 Å². The van der Waals surface area contributed by atoms with Gasteiger partial charge in [-0.25, -0.2) is 0 Å². The number of carbonyl (C=O) groups is 1. The lowest BCUT2D eigenvalue weighted by molar-refractivity contribution is -0.123. The number of nitrogens with two attached hydrogens (primary N) is 1. The van der Waals surface area contributed by atoms with Crippen LogP contribution in [0.2, 0.25) is 0 Å². The molecule has 1 aliphatic heterocycles. The number of hydrogen-bond donors (Lipinski definition) is 1. The molecule has 2 N–H and O–H groups in total. The monoisotopic (exact) mass is 258 g/mol. The Balaban J connectivity index is 1.86. The molecule has 1 amide bonds. The quantitative estimate of drug-likeness (QED) is 0.900. The first-order valence-electron chi connectivity index (χ1n) is 6.93. The highest BCUT2D eigenvalue weighted by Gasteiger charge is 2.24. The molecule has 3 nitrogen and oxygen atoms in total. The van der Waals surface area contributed by atoms with Gasteiger partial charge in [-0.1, -0.05) is 42.5 Å². The Morgan fingerprint density at radius 3 is 2.53 bits per heavy atom. The van der Waals surface area contributed by atoms with Crippen molar-refractivity contribution < 1.29 is 4.79 Å². The molecule has 1 fully saturated rings. The number of amides is 1. The van der Waals surface area contributed by atoms with Gasteiger partial charge in [0, 0.05) is 12.0 Å². The van der Waals surface area contributed by atoms with Crippen molar-refractivity contribution in [2.75, 3.05) is 13.1 Å². The summed E-state index contributed by atoms with van der Waals surface area (Å²) >= 11 is 0. The molecule has 19 heavy (non-hydrogen) atoms. The zero-order valence-corrected chi connectivity index (χ0v) is 11.5. The number of piperidine rings is 1. The molecule has 1 aromatic rings. The molecule has 0 unspecified atom stereocenters. The van der Waals surface area contributed by atoms with Crippen LogP contribution in [0.25, 0.3) is 6.08 Å². The van der Waals surface area contributed by atoms with Crippen LogP contribution in [0.5, 0.6) is 0 Å². The molecular formula is C16H22N2O. The minimum atomic E-state index is -0.146. The summed E-state index contributed by atoms with van der Waals surface area (Å²) in [5.74, 6) is -0.0753. The molecule has 0 spiro atoms. The Morgan fingerprint density at radius 1 is 1.32 bits per heavy atom. The van der Waals surface area contributed by atoms with Crippen LogP contribution in [0.3, 0.4) is 0 Å². The molecular weight excluding hydrogens is 236 g/mol. The third-order valence-electron chi connectivity index (χ3n) is 3.87. The van der Waals surface area contributed by atoms with E-state index in [0.29, 0.717) is 6.04 Å². The van der Waals surface area contributed by atoms with Gasteiger partial charge in [0.05, 0.1) is 0 Å². The lowest BCUT2D eigenvalue weighted by atomic mass is 9.95. The van der Waals surface area contributed by atoms with Gasteiger partial charge in [-0.15, -0.1) is 0 Å². The lowest BCUT2D eigenvalue weighted by Gasteiger charge is -2.33. The van der Waals surface area contributed by atoms with Crippen molar-refractivity contribution in [3.63, 3.8) is 0 Å². The summed E-state index contributed by atoms with van der Waals surface area (Å²) in [6.45, 7) is 4.10. The number of rotatable bonds is 4. The maximum Gasteiger partial charge on any atom is 0.220 e. The molecule has 1 saturated heterocycles. The van der Waals surface area contributed by atoms with Crippen molar-refractivity contribution in [3.8, 4) is 0 Å². The fourth-order valence-electron chi connectivity index (χ4n) is 2.53. The van der Waals surface area contributed by atoms with Gasteiger partial charge in [0.1, 0.15) is 0 Å². The van der Waals surface area contributed by atoms with Crippen molar-refractivity contribution in [3.05, 3.63) is 42.0 Å². The molecule has 2 rings (SSSR count). The van der Waals surface area contributed by atoms with E-state index in [-0.39, 0.29) is 11.8 Å². The first-order valence-corrected chi connectivity index (χ1v) is 6.93. The third kappa shape index (κ3) is 3.93. The van der Waals surface area contributed by atoms with Crippen molar-refractivity contribution >= 4 is 12.0 Å². The SMILES string of the molecule is C[C@@H](/C=C/c1ccccc1)N1CCC(C(N)=O)CC1. The van der Waals surface area contributed by atoms with Gasteiger partial charge in [-0.3, -0.25) is 9.69 Å². The maximum absolute atomic E-state index is 11.1. The number of likely N-dealkylation sites (tertiary alicyclic amines) is 1. The second-order valence-electron chi connectivity index (χ2n) is 5.22. The highest BCUT2D eigenvalue weighted by atomic mass is 16.1. The van der Waals surface area contributed by atoms with Gasteiger partial charge in [0.15, 0.2) is 0 Å². The normalized spacial score (nSPS) is 19.6. The highest BCUT2D eigenvalue weighted by Crippen LogP contribution is 2.19. The van der Waals surface area contributed by atoms with Crippen molar-refractivity contribution in [1.29, 1.82) is 0 Å². The van der Waals surface area contributed by atoms with Crippen LogP contribution in [0.4, 0.5) is 0 Å². The molecule has 0 aliphatic carbocycles. The van der Waals surface area contributed by atoms with Gasteiger partial charge in [0.25, 0.3) is 0 Å². The first-order chi connectivity index (χ1) is 9.16. The van der Waals surface area contributed by atoms with E-state index in [2.05, 4.69) is 36.1 Å². The summed E-state index contributed by atoms with van der Waals surface area (Å²) in [4.78, 5) is 13.5. The van der Waals surface area contributed by atoms with Crippen LogP contribution < -0.4 is 5.73 Å². The fourth-order valence-corrected chi connectivity index (χ4v) is 2.53. The van der Waals surface area contributed by atoms with E-state index in [4.69, 9.17) is 5.73 Å². The second-order valence-corrected chi connectivity index (χ2v) is 5.22. The van der Waals surface area contributed by atoms with Crippen LogP contribution >= 0.6 is 0 Å². The summed E-state index contributed by atoms with van der Waals surface area (Å²) in [5, 5.41) is 0. The Bertz CT molecular complexity index is 433. The average molecular weight is 258 g/mol. The summed E-state index contributed by atoms with van der Waals surface area (Å²) in [6.07, 6.45) is 6.16. The van der Waals surface area contributed by atoms with Crippen LogP contribution in [-0.2, 0) is 4.79 Å². The Labute approximate surface area is 115 Å². The zero-order chi connectivity index (χ0) is 13.7. The number of hydrogen-bond acceptors (Lipinski definition) is 2. The Morgan fingerprint density at radius 2 is 1.95 bits per heavy atom. The van der Waals surface area contributed by atoms with Crippen LogP contribution in [0.1, 0.15) is 25.3 Å². The number of carbonyl (C=O) groups excluding carboxylic acids is 1. The smallest absolute Gasteiger partial charge is 0.220 e. The standard InChI is InChI=1S/C16H22N2O/c1-13(7-8-14-5-3-2-4-6-14)18-11-9-15(10-12-18)16(17)19/h2-8,13,15H,9-12H2,1H3,(H2,17,19)/b8-7+/t13-/m0/s1. The molecule has 3 heteroatoms. The molecule has 0 radical (unpaired) electrons. The van der Waals surface area contributed by atoms with E-state index in [9.17, 15) is 4.79 Å². The van der Waals surface area contributed by atoms with Crippen molar-refractivity contribution in [2.45, 2.75) is 25.8 Å². The molecule has 0 bridgehead atoms. The van der Waals surface area contributed by atoms with E-state index in [1.165, 1.54) is 5.56 Å². The minimum Gasteiger partial charge on any atom is -0.369 e. The third-order valence-corrected chi connectivity index (χ3v) is 3.87. The molecule has 0 aromatic heterocycles. The Hall–Kier alpha value is -1.61. The van der Waals surface area contributed by atoms with Crippen LogP contribution in [0.15, 0.2) is 36.4 Å². The highest BCUT2D eigenvalue weighted by molar-refractivity contribution is 5.76. The van der Waals surface area contributed by atoms with Gasteiger partial charge < -0.3 is 5.73 Å². The molecule has 1 aliphatic rings. The summed E-state index contributed by atoms with van der Waals surface area (Å²) < 4.78 is 0. The molecule has 0 saturated carbocycles. The Kier molecular flexibility index (Phi) is 4.74. The van der Waals surface area contributed by atoms with E-state index in [1.807, 2.05) is 18.2 Å². The largest absolute Gasteiger partial charge is 0.369 e. The van der Waals surface area contributed by atoms with E-state index in [0.717, 1.165) is 25.9 Å². The topological polar surface area (TPSA) is 46.3 Å². The van der Waals surface area contributed by atoms with Gasteiger partial charge in [0.2, 0.25) is 5.91 Å². The predicted molar refractivity (Wildman–Crippen MR) is 78.4 cm³/mol. The number of nitrogens with zero attached hydrogens (tertiary/aromatic N) is 1. The summed E-state index contributed by atoms with van der Waals surface area (Å²) in [5.41, 5.74) is 6.58. The number of benzene rings is 1. The predicted octanol–water partition coefficient (Wildman–Crippen LogP) is 2.29. The lowest BCUT2D eigenvalue weighted by Crippen LogP contribution is -2.42. The molecule has 102 valence electrons. The minimum absolute atomic E-state index is 0.0709. The van der Waals surface area contributed by atoms with E-state index < -0.39 is 0 Å². The summed E-state index contributed by atoms with van der Waals surface area (Å²) in [7, 11) is 0. The van der Waals surface area contributed by atoms with Crippen LogP contribution in [0, 0.1) is 5.92 Å². The zero-order valence-electron chi connectivity index (χ0n) is 11.5. The maximum atomic E-state index is 11.1. The van der Waals surface area contributed by atoms with E-state index >= 15 is 0 Å². The van der Waals surface area contributed by atoms with Gasteiger partial charge in [-0.05, 0) is 38.4 Å². The second kappa shape index (κ2) is 6.53. The van der Waals surface area contributed by atoms with Crippen LogP contribution in [-0.4, -0.2) is 29.9 Å². The van der Waals surface area contributed by atoms with Crippen molar-refractivity contribution in [1.82, 2.24) is 4.90 Å². The number of primary amides is 1. The molecule has 1 heterocycles. The average Bonchev–Trinajstić information content (AvgIpc) is 2.46. The van der Waals surface area contributed by atoms with Gasteiger partial charge in [-0.2, -0.15) is 0 Å². The molecule has 1 atom stereocenters. The molecule has 1 aromatic carbocycles.